The van der Waals surface area contributed by atoms with Crippen LogP contribution in [0.3, 0.4) is 0 Å². The summed E-state index contributed by atoms with van der Waals surface area (Å²) in [6.45, 7) is 2.19. The second-order valence-corrected chi connectivity index (χ2v) is 9.46. The highest BCUT2D eigenvalue weighted by Gasteiger charge is 2.29. The van der Waals surface area contributed by atoms with Crippen LogP contribution in [0.25, 0.3) is 11.1 Å². The number of carbonyl (C=O) groups is 3. The van der Waals surface area contributed by atoms with Gasteiger partial charge in [-0.15, -0.1) is 0 Å². The number of aliphatic carboxylic acids is 1. The molecule has 1 aliphatic rings. The van der Waals surface area contributed by atoms with Crippen LogP contribution in [0.4, 0.5) is 4.79 Å². The maximum absolute atomic E-state index is 12.6. The van der Waals surface area contributed by atoms with Crippen molar-refractivity contribution in [1.29, 1.82) is 0 Å². The minimum absolute atomic E-state index is 0.0483. The first-order valence-electron chi connectivity index (χ1n) is 11.5. The Bertz CT molecular complexity index is 967. The van der Waals surface area contributed by atoms with Gasteiger partial charge in [-0.05, 0) is 53.5 Å². The molecule has 1 aliphatic carbocycles. The number of hydrogen-bond acceptors (Lipinski definition) is 5. The molecule has 0 spiro atoms. The van der Waals surface area contributed by atoms with E-state index in [0.29, 0.717) is 31.6 Å². The number of rotatable bonds is 12. The van der Waals surface area contributed by atoms with Crippen LogP contribution in [0.15, 0.2) is 48.5 Å². The Balaban J connectivity index is 1.55. The SMILES string of the molecule is CSCC[C@H](NC(=O)OCC1c2ccccc2-c2ccccc21)C(=O)NCCCC(C)C(=O)O. The molecule has 1 unspecified atom stereocenters. The maximum Gasteiger partial charge on any atom is 0.407 e. The van der Waals surface area contributed by atoms with Crippen molar-refractivity contribution in [3.63, 3.8) is 0 Å². The van der Waals surface area contributed by atoms with E-state index in [-0.39, 0.29) is 18.4 Å². The van der Waals surface area contributed by atoms with Gasteiger partial charge in [-0.3, -0.25) is 9.59 Å². The number of carboxylic acids is 1. The molecule has 0 heterocycles. The first-order chi connectivity index (χ1) is 16.4. The number of carbonyl (C=O) groups excluding carboxylic acids is 2. The fraction of sp³-hybridized carbons (Fsp3) is 0.423. The van der Waals surface area contributed by atoms with Crippen LogP contribution in [-0.2, 0) is 14.3 Å². The van der Waals surface area contributed by atoms with E-state index >= 15 is 0 Å². The van der Waals surface area contributed by atoms with Gasteiger partial charge in [0.05, 0.1) is 5.92 Å². The van der Waals surface area contributed by atoms with Gasteiger partial charge in [-0.2, -0.15) is 11.8 Å². The number of thioether (sulfide) groups is 1. The second kappa shape index (κ2) is 12.5. The Morgan fingerprint density at radius 3 is 2.24 bits per heavy atom. The third-order valence-corrected chi connectivity index (χ3v) is 6.74. The molecule has 0 saturated heterocycles. The number of ether oxygens (including phenoxy) is 1. The van der Waals surface area contributed by atoms with Gasteiger partial charge in [0.1, 0.15) is 12.6 Å². The normalized spacial score (nSPS) is 13.9. The fourth-order valence-corrected chi connectivity index (χ4v) is 4.62. The minimum atomic E-state index is -0.846. The van der Waals surface area contributed by atoms with Crippen LogP contribution in [0.1, 0.15) is 43.2 Å². The molecule has 0 aromatic heterocycles. The summed E-state index contributed by atoms with van der Waals surface area (Å²) >= 11 is 1.59. The standard InChI is InChI=1S/C26H32N2O5S/c1-17(25(30)31)8-7-14-27-24(29)23(13-15-34-2)28-26(32)33-16-22-20-11-5-3-9-18(20)19-10-4-6-12-21(19)22/h3-6,9-12,17,22-23H,7-8,13-16H2,1-2H3,(H,27,29)(H,28,32)(H,30,31)/t17?,23-/m0/s1. The van der Waals surface area contributed by atoms with Gasteiger partial charge in [0.15, 0.2) is 0 Å². The van der Waals surface area contributed by atoms with Gasteiger partial charge in [0, 0.05) is 12.5 Å². The van der Waals surface area contributed by atoms with E-state index in [1.54, 1.807) is 18.7 Å². The maximum atomic E-state index is 12.6. The molecular formula is C26H32N2O5S. The third kappa shape index (κ3) is 6.53. The number of benzene rings is 2. The van der Waals surface area contributed by atoms with E-state index in [0.717, 1.165) is 22.3 Å². The van der Waals surface area contributed by atoms with Gasteiger partial charge in [-0.1, -0.05) is 55.5 Å². The summed E-state index contributed by atoms with van der Waals surface area (Å²) in [5.74, 6) is -0.930. The van der Waals surface area contributed by atoms with Gasteiger partial charge in [-0.25, -0.2) is 4.79 Å². The Hall–Kier alpha value is -3.00. The van der Waals surface area contributed by atoms with Crippen molar-refractivity contribution >= 4 is 29.7 Å². The predicted octanol–water partition coefficient (Wildman–Crippen LogP) is 4.26. The lowest BCUT2D eigenvalue weighted by atomic mass is 9.98. The Kier molecular flexibility index (Phi) is 9.39. The number of nitrogens with one attached hydrogen (secondary N) is 2. The summed E-state index contributed by atoms with van der Waals surface area (Å²) in [7, 11) is 0. The Morgan fingerprint density at radius 2 is 1.65 bits per heavy atom. The first kappa shape index (κ1) is 25.6. The van der Waals surface area contributed by atoms with Gasteiger partial charge in [0.25, 0.3) is 0 Å². The summed E-state index contributed by atoms with van der Waals surface area (Å²) < 4.78 is 5.58. The van der Waals surface area contributed by atoms with E-state index in [1.807, 2.05) is 30.5 Å². The third-order valence-electron chi connectivity index (χ3n) is 6.10. The summed E-state index contributed by atoms with van der Waals surface area (Å²) in [5, 5.41) is 14.5. The molecule has 0 fully saturated rings. The Morgan fingerprint density at radius 1 is 1.03 bits per heavy atom. The van der Waals surface area contributed by atoms with Crippen molar-refractivity contribution in [2.75, 3.05) is 25.2 Å². The number of carboxylic acid groups (broad SMARTS) is 1. The summed E-state index contributed by atoms with van der Waals surface area (Å²) in [5.41, 5.74) is 4.57. The topological polar surface area (TPSA) is 105 Å². The predicted molar refractivity (Wildman–Crippen MR) is 134 cm³/mol. The molecule has 182 valence electrons. The average Bonchev–Trinajstić information content (AvgIpc) is 3.16. The zero-order valence-electron chi connectivity index (χ0n) is 19.6. The van der Waals surface area contributed by atoms with Crippen LogP contribution in [-0.4, -0.2) is 54.3 Å². The van der Waals surface area contributed by atoms with Crippen LogP contribution in [0.5, 0.6) is 0 Å². The van der Waals surface area contributed by atoms with E-state index in [4.69, 9.17) is 9.84 Å². The van der Waals surface area contributed by atoms with Crippen molar-refractivity contribution in [3.05, 3.63) is 59.7 Å². The lowest BCUT2D eigenvalue weighted by Gasteiger charge is -2.19. The van der Waals surface area contributed by atoms with E-state index in [9.17, 15) is 14.4 Å². The highest BCUT2D eigenvalue weighted by molar-refractivity contribution is 7.98. The molecule has 0 radical (unpaired) electrons. The first-order valence-corrected chi connectivity index (χ1v) is 12.9. The molecular weight excluding hydrogens is 452 g/mol. The number of alkyl carbamates (subject to hydrolysis) is 1. The molecule has 8 heteroatoms. The molecule has 2 atom stereocenters. The highest BCUT2D eigenvalue weighted by Crippen LogP contribution is 2.44. The highest BCUT2D eigenvalue weighted by atomic mass is 32.2. The second-order valence-electron chi connectivity index (χ2n) is 8.48. The van der Waals surface area contributed by atoms with Crippen molar-refractivity contribution in [1.82, 2.24) is 10.6 Å². The molecule has 3 rings (SSSR count). The number of hydrogen-bond donors (Lipinski definition) is 3. The lowest BCUT2D eigenvalue weighted by molar-refractivity contribution is -0.141. The zero-order valence-corrected chi connectivity index (χ0v) is 20.4. The van der Waals surface area contributed by atoms with E-state index in [1.165, 1.54) is 0 Å². The fourth-order valence-electron chi connectivity index (χ4n) is 4.15. The minimum Gasteiger partial charge on any atom is -0.481 e. The van der Waals surface area contributed by atoms with Crippen molar-refractivity contribution in [2.45, 2.75) is 38.1 Å². The average molecular weight is 485 g/mol. The summed E-state index contributed by atoms with van der Waals surface area (Å²) in [6.07, 6.45) is 2.82. The molecule has 3 N–H and O–H groups in total. The van der Waals surface area contributed by atoms with Gasteiger partial charge in [0.2, 0.25) is 5.91 Å². The summed E-state index contributed by atoms with van der Waals surface area (Å²) in [6, 6.07) is 15.5. The van der Waals surface area contributed by atoms with Crippen molar-refractivity contribution in [2.24, 2.45) is 5.92 Å². The quantitative estimate of drug-likeness (QED) is 0.389. The monoisotopic (exact) mass is 484 g/mol. The molecule has 0 aliphatic heterocycles. The number of fused-ring (bicyclic) bond motifs is 3. The molecule has 7 nitrogen and oxygen atoms in total. The largest absolute Gasteiger partial charge is 0.481 e. The molecule has 2 aromatic rings. The van der Waals surface area contributed by atoms with Crippen molar-refractivity contribution < 1.29 is 24.2 Å². The van der Waals surface area contributed by atoms with Crippen molar-refractivity contribution in [3.8, 4) is 11.1 Å². The van der Waals surface area contributed by atoms with Crippen LogP contribution >= 0.6 is 11.8 Å². The number of amides is 2. The summed E-state index contributed by atoms with van der Waals surface area (Å²) in [4.78, 5) is 36.2. The van der Waals surface area contributed by atoms with E-state index < -0.39 is 24.0 Å². The molecule has 0 saturated carbocycles. The molecule has 0 bridgehead atoms. The van der Waals surface area contributed by atoms with Gasteiger partial charge < -0.3 is 20.5 Å². The molecule has 2 amide bonds. The lowest BCUT2D eigenvalue weighted by Crippen LogP contribution is -2.47. The van der Waals surface area contributed by atoms with Gasteiger partial charge >= 0.3 is 12.1 Å². The van der Waals surface area contributed by atoms with Crippen LogP contribution in [0.2, 0.25) is 0 Å². The van der Waals surface area contributed by atoms with Crippen LogP contribution < -0.4 is 10.6 Å². The van der Waals surface area contributed by atoms with Crippen LogP contribution in [0, 0.1) is 5.92 Å². The molecule has 2 aromatic carbocycles. The van der Waals surface area contributed by atoms with E-state index in [2.05, 4.69) is 34.9 Å². The zero-order chi connectivity index (χ0) is 24.5. The smallest absolute Gasteiger partial charge is 0.407 e. The Labute approximate surface area is 204 Å². The molecule has 34 heavy (non-hydrogen) atoms.